The fraction of sp³-hybridized carbons (Fsp3) is 0.263. The van der Waals surface area contributed by atoms with E-state index in [9.17, 15) is 9.59 Å². The Bertz CT molecular complexity index is 947. The maximum atomic E-state index is 12.0. The average molecular weight is 382 g/mol. The van der Waals surface area contributed by atoms with E-state index in [0.29, 0.717) is 18.9 Å². The number of nitrogens with one attached hydrogen (secondary N) is 1. The number of nitrogens with zero attached hydrogens (tertiary/aromatic N) is 3. The van der Waals surface area contributed by atoms with Gasteiger partial charge in [-0.2, -0.15) is 0 Å². The Kier molecular flexibility index (Phi) is 4.83. The van der Waals surface area contributed by atoms with Crippen molar-refractivity contribution in [3.8, 4) is 10.6 Å². The topological polar surface area (TPSA) is 84.4 Å². The number of carbonyl (C=O) groups excluding carboxylic acids is 2. The van der Waals surface area contributed by atoms with Crippen molar-refractivity contribution in [2.45, 2.75) is 13.0 Å². The van der Waals surface area contributed by atoms with Gasteiger partial charge in [0.2, 0.25) is 5.91 Å². The second kappa shape index (κ2) is 7.42. The lowest BCUT2D eigenvalue weighted by Crippen LogP contribution is -2.54. The molecule has 3 heterocycles. The molecule has 0 unspecified atom stereocenters. The monoisotopic (exact) mass is 382 g/mol. The van der Waals surface area contributed by atoms with Gasteiger partial charge in [0.1, 0.15) is 17.4 Å². The highest BCUT2D eigenvalue weighted by molar-refractivity contribution is 7.21. The van der Waals surface area contributed by atoms with Crippen molar-refractivity contribution in [1.82, 2.24) is 14.9 Å². The van der Waals surface area contributed by atoms with Gasteiger partial charge in [-0.25, -0.2) is 9.97 Å². The van der Waals surface area contributed by atoms with Crippen molar-refractivity contribution in [1.29, 1.82) is 0 Å². The SMILES string of the molecule is CC(=O)N1CC(OCC(=O)Nc2ccc(-c3nc4ccccc4s3)cn2)C1. The van der Waals surface area contributed by atoms with Crippen LogP contribution in [0.5, 0.6) is 0 Å². The van der Waals surface area contributed by atoms with Gasteiger partial charge in [-0.3, -0.25) is 9.59 Å². The molecule has 0 aliphatic carbocycles. The van der Waals surface area contributed by atoms with E-state index >= 15 is 0 Å². The summed E-state index contributed by atoms with van der Waals surface area (Å²) >= 11 is 1.61. The molecule has 1 aliphatic rings. The maximum absolute atomic E-state index is 12.0. The lowest BCUT2D eigenvalue weighted by molar-refractivity contribution is -0.144. The Morgan fingerprint density at radius 1 is 1.26 bits per heavy atom. The molecule has 0 bridgehead atoms. The van der Waals surface area contributed by atoms with Gasteiger partial charge in [0, 0.05) is 31.8 Å². The van der Waals surface area contributed by atoms with Crippen LogP contribution >= 0.6 is 11.3 Å². The molecule has 1 fully saturated rings. The number of fused-ring (bicyclic) bond motifs is 1. The molecule has 0 saturated carbocycles. The predicted octanol–water partition coefficient (Wildman–Crippen LogP) is 2.54. The largest absolute Gasteiger partial charge is 0.365 e. The van der Waals surface area contributed by atoms with Crippen LogP contribution in [0.2, 0.25) is 0 Å². The number of ether oxygens (including phenoxy) is 1. The van der Waals surface area contributed by atoms with E-state index in [1.165, 1.54) is 6.92 Å². The Hall–Kier alpha value is -2.84. The third kappa shape index (κ3) is 3.96. The molecule has 1 aromatic carbocycles. The third-order valence-corrected chi connectivity index (χ3v) is 5.40. The van der Waals surface area contributed by atoms with Crippen LogP contribution in [0.3, 0.4) is 0 Å². The molecule has 7 nitrogen and oxygen atoms in total. The lowest BCUT2D eigenvalue weighted by Gasteiger charge is -2.37. The zero-order valence-corrected chi connectivity index (χ0v) is 15.5. The standard InChI is InChI=1S/C19H18N4O3S/c1-12(24)23-9-14(10-23)26-11-18(25)22-17-7-6-13(8-20-17)19-21-15-4-2-3-5-16(15)27-19/h2-8,14H,9-11H2,1H3,(H,20,22,25). The highest BCUT2D eigenvalue weighted by Crippen LogP contribution is 2.29. The number of aromatic nitrogens is 2. The zero-order chi connectivity index (χ0) is 18.8. The second-order valence-electron chi connectivity index (χ2n) is 6.32. The Morgan fingerprint density at radius 2 is 2.07 bits per heavy atom. The number of amides is 2. The molecular weight excluding hydrogens is 364 g/mol. The first-order valence-electron chi connectivity index (χ1n) is 8.57. The van der Waals surface area contributed by atoms with Crippen molar-refractivity contribution in [3.05, 3.63) is 42.6 Å². The fourth-order valence-electron chi connectivity index (χ4n) is 2.76. The van der Waals surface area contributed by atoms with Crippen molar-refractivity contribution >= 4 is 39.2 Å². The summed E-state index contributed by atoms with van der Waals surface area (Å²) in [7, 11) is 0. The molecule has 2 aromatic heterocycles. The van der Waals surface area contributed by atoms with Crippen LogP contribution in [-0.4, -0.2) is 52.5 Å². The molecule has 2 amide bonds. The van der Waals surface area contributed by atoms with Crippen LogP contribution in [0.25, 0.3) is 20.8 Å². The number of thiazole rings is 1. The molecular formula is C19H18N4O3S. The minimum Gasteiger partial charge on any atom is -0.365 e. The summed E-state index contributed by atoms with van der Waals surface area (Å²) in [6.45, 7) is 2.54. The minimum absolute atomic E-state index is 0.0247. The number of hydrogen-bond acceptors (Lipinski definition) is 6. The summed E-state index contributed by atoms with van der Waals surface area (Å²) in [4.78, 5) is 33.6. The van der Waals surface area contributed by atoms with Crippen LogP contribution in [0.1, 0.15) is 6.92 Å². The smallest absolute Gasteiger partial charge is 0.251 e. The van der Waals surface area contributed by atoms with Gasteiger partial charge >= 0.3 is 0 Å². The number of benzene rings is 1. The maximum Gasteiger partial charge on any atom is 0.251 e. The summed E-state index contributed by atoms with van der Waals surface area (Å²) in [5.41, 5.74) is 1.87. The number of anilines is 1. The molecule has 3 aromatic rings. The number of para-hydroxylation sites is 1. The first-order chi connectivity index (χ1) is 13.1. The number of rotatable bonds is 5. The van der Waals surface area contributed by atoms with E-state index in [-0.39, 0.29) is 24.5 Å². The van der Waals surface area contributed by atoms with Crippen LogP contribution in [-0.2, 0) is 14.3 Å². The molecule has 27 heavy (non-hydrogen) atoms. The molecule has 8 heteroatoms. The highest BCUT2D eigenvalue weighted by atomic mass is 32.1. The van der Waals surface area contributed by atoms with Crippen LogP contribution < -0.4 is 5.32 Å². The van der Waals surface area contributed by atoms with Gasteiger partial charge in [-0.15, -0.1) is 11.3 Å². The van der Waals surface area contributed by atoms with Crippen molar-refractivity contribution in [2.75, 3.05) is 25.0 Å². The normalized spacial score (nSPS) is 14.2. The van der Waals surface area contributed by atoms with Gasteiger partial charge in [0.05, 0.1) is 16.3 Å². The number of carbonyl (C=O) groups is 2. The first kappa shape index (κ1) is 17.6. The van der Waals surface area contributed by atoms with E-state index in [1.54, 1.807) is 28.5 Å². The van der Waals surface area contributed by atoms with Crippen LogP contribution in [0.4, 0.5) is 5.82 Å². The summed E-state index contributed by atoms with van der Waals surface area (Å²) in [6, 6.07) is 11.6. The molecule has 138 valence electrons. The van der Waals surface area contributed by atoms with Crippen molar-refractivity contribution in [2.24, 2.45) is 0 Å². The van der Waals surface area contributed by atoms with E-state index < -0.39 is 0 Å². The molecule has 0 radical (unpaired) electrons. The lowest BCUT2D eigenvalue weighted by atomic mass is 10.2. The third-order valence-electron chi connectivity index (χ3n) is 4.32. The summed E-state index contributed by atoms with van der Waals surface area (Å²) in [5.74, 6) is 0.223. The molecule has 1 saturated heterocycles. The van der Waals surface area contributed by atoms with Crippen molar-refractivity contribution in [3.63, 3.8) is 0 Å². The van der Waals surface area contributed by atoms with Gasteiger partial charge in [0.15, 0.2) is 0 Å². The van der Waals surface area contributed by atoms with E-state index in [4.69, 9.17) is 4.74 Å². The van der Waals surface area contributed by atoms with Gasteiger partial charge in [-0.05, 0) is 24.3 Å². The Morgan fingerprint density at radius 3 is 2.78 bits per heavy atom. The molecule has 4 rings (SSSR count). The first-order valence-corrected chi connectivity index (χ1v) is 9.39. The van der Waals surface area contributed by atoms with E-state index in [1.807, 2.05) is 30.3 Å². The molecule has 0 atom stereocenters. The molecule has 1 aliphatic heterocycles. The van der Waals surface area contributed by atoms with E-state index in [2.05, 4.69) is 15.3 Å². The molecule has 0 spiro atoms. The van der Waals surface area contributed by atoms with Crippen molar-refractivity contribution < 1.29 is 14.3 Å². The summed E-state index contributed by atoms with van der Waals surface area (Å²) < 4.78 is 6.60. The minimum atomic E-state index is -0.267. The Labute approximate surface area is 160 Å². The fourth-order valence-corrected chi connectivity index (χ4v) is 3.72. The Balaban J connectivity index is 1.31. The highest BCUT2D eigenvalue weighted by Gasteiger charge is 2.29. The zero-order valence-electron chi connectivity index (χ0n) is 14.7. The van der Waals surface area contributed by atoms with Gasteiger partial charge in [-0.1, -0.05) is 12.1 Å². The number of hydrogen-bond donors (Lipinski definition) is 1. The van der Waals surface area contributed by atoms with Crippen LogP contribution in [0, 0.1) is 0 Å². The van der Waals surface area contributed by atoms with Crippen LogP contribution in [0.15, 0.2) is 42.6 Å². The summed E-state index contributed by atoms with van der Waals surface area (Å²) in [6.07, 6.45) is 1.62. The average Bonchev–Trinajstić information content (AvgIpc) is 3.05. The van der Waals surface area contributed by atoms with Gasteiger partial charge < -0.3 is 15.0 Å². The molecule has 1 N–H and O–H groups in total. The quantitative estimate of drug-likeness (QED) is 0.733. The second-order valence-corrected chi connectivity index (χ2v) is 7.35. The summed E-state index contributed by atoms with van der Waals surface area (Å²) in [5, 5.41) is 3.61. The number of likely N-dealkylation sites (tertiary alicyclic amines) is 1. The van der Waals surface area contributed by atoms with E-state index in [0.717, 1.165) is 20.8 Å². The number of pyridine rings is 1. The van der Waals surface area contributed by atoms with Gasteiger partial charge in [0.25, 0.3) is 5.91 Å². The predicted molar refractivity (Wildman–Crippen MR) is 103 cm³/mol.